The molecule has 0 heterocycles. The van der Waals surface area contributed by atoms with E-state index >= 15 is 0 Å². The number of hydrogen-bond donors (Lipinski definition) is 2. The standard InChI is InChI=1S/C10H21NO3/c1-3-4-5-6-11(7-9(2)12)8-10(13)14/h9,12H,3-8H2,1-2H3,(H,13,14). The third kappa shape index (κ3) is 8.01. The van der Waals surface area contributed by atoms with E-state index in [1.165, 1.54) is 0 Å². The Kier molecular flexibility index (Phi) is 7.42. The second kappa shape index (κ2) is 7.76. The van der Waals surface area contributed by atoms with Gasteiger partial charge in [-0.25, -0.2) is 0 Å². The lowest BCUT2D eigenvalue weighted by molar-refractivity contribution is -0.138. The second-order valence-corrected chi connectivity index (χ2v) is 3.68. The van der Waals surface area contributed by atoms with Gasteiger partial charge < -0.3 is 10.2 Å². The van der Waals surface area contributed by atoms with Crippen molar-refractivity contribution < 1.29 is 15.0 Å². The Morgan fingerprint density at radius 2 is 2.07 bits per heavy atom. The van der Waals surface area contributed by atoms with Crippen LogP contribution in [-0.2, 0) is 4.79 Å². The van der Waals surface area contributed by atoms with Crippen LogP contribution in [0.4, 0.5) is 0 Å². The molecular formula is C10H21NO3. The van der Waals surface area contributed by atoms with Gasteiger partial charge in [-0.15, -0.1) is 0 Å². The maximum absolute atomic E-state index is 10.5. The molecule has 4 heteroatoms. The van der Waals surface area contributed by atoms with Gasteiger partial charge in [0.25, 0.3) is 0 Å². The molecule has 0 aliphatic carbocycles. The van der Waals surface area contributed by atoms with E-state index in [0.29, 0.717) is 6.54 Å². The van der Waals surface area contributed by atoms with Gasteiger partial charge in [-0.05, 0) is 19.9 Å². The number of rotatable bonds is 8. The quantitative estimate of drug-likeness (QED) is 0.576. The zero-order valence-electron chi connectivity index (χ0n) is 9.07. The van der Waals surface area contributed by atoms with E-state index in [-0.39, 0.29) is 6.54 Å². The molecule has 0 saturated carbocycles. The molecule has 0 aromatic rings. The fourth-order valence-electron chi connectivity index (χ4n) is 1.39. The predicted octanol–water partition coefficient (Wildman–Crippen LogP) is 0.944. The molecule has 0 aliphatic heterocycles. The number of carboxylic acids is 1. The molecule has 0 radical (unpaired) electrons. The lowest BCUT2D eigenvalue weighted by atomic mass is 10.2. The molecule has 0 spiro atoms. The number of unbranched alkanes of at least 4 members (excludes halogenated alkanes) is 2. The van der Waals surface area contributed by atoms with E-state index in [1.807, 2.05) is 0 Å². The van der Waals surface area contributed by atoms with E-state index in [0.717, 1.165) is 25.8 Å². The summed E-state index contributed by atoms with van der Waals surface area (Å²) in [5.74, 6) is -0.831. The maximum Gasteiger partial charge on any atom is 0.317 e. The lowest BCUT2D eigenvalue weighted by Gasteiger charge is -2.21. The molecule has 14 heavy (non-hydrogen) atoms. The first-order valence-electron chi connectivity index (χ1n) is 5.18. The first-order valence-corrected chi connectivity index (χ1v) is 5.18. The van der Waals surface area contributed by atoms with Crippen LogP contribution in [0.15, 0.2) is 0 Å². The Labute approximate surface area is 85.5 Å². The van der Waals surface area contributed by atoms with Gasteiger partial charge in [-0.2, -0.15) is 0 Å². The molecule has 0 fully saturated rings. The summed E-state index contributed by atoms with van der Waals surface area (Å²) >= 11 is 0. The van der Waals surface area contributed by atoms with Crippen molar-refractivity contribution in [3.05, 3.63) is 0 Å². The lowest BCUT2D eigenvalue weighted by Crippen LogP contribution is -2.36. The van der Waals surface area contributed by atoms with Crippen molar-refractivity contribution in [2.45, 2.75) is 39.2 Å². The van der Waals surface area contributed by atoms with Gasteiger partial charge in [0.2, 0.25) is 0 Å². The van der Waals surface area contributed by atoms with Crippen molar-refractivity contribution in [2.24, 2.45) is 0 Å². The summed E-state index contributed by atoms with van der Waals surface area (Å²) in [4.78, 5) is 12.3. The van der Waals surface area contributed by atoms with Crippen LogP contribution in [-0.4, -0.2) is 46.8 Å². The highest BCUT2D eigenvalue weighted by molar-refractivity contribution is 5.69. The van der Waals surface area contributed by atoms with Crippen LogP contribution in [0.25, 0.3) is 0 Å². The zero-order valence-corrected chi connectivity index (χ0v) is 9.07. The molecule has 84 valence electrons. The van der Waals surface area contributed by atoms with E-state index in [2.05, 4.69) is 6.92 Å². The number of nitrogens with zero attached hydrogens (tertiary/aromatic N) is 1. The zero-order chi connectivity index (χ0) is 11.0. The van der Waals surface area contributed by atoms with Crippen molar-refractivity contribution >= 4 is 5.97 Å². The average molecular weight is 203 g/mol. The van der Waals surface area contributed by atoms with Gasteiger partial charge in [-0.1, -0.05) is 19.8 Å². The van der Waals surface area contributed by atoms with Crippen molar-refractivity contribution in [1.29, 1.82) is 0 Å². The summed E-state index contributed by atoms with van der Waals surface area (Å²) in [5.41, 5.74) is 0. The first kappa shape index (κ1) is 13.4. The van der Waals surface area contributed by atoms with Crippen molar-refractivity contribution in [1.82, 2.24) is 4.90 Å². The SMILES string of the molecule is CCCCCN(CC(=O)O)CC(C)O. The molecule has 1 unspecified atom stereocenters. The summed E-state index contributed by atoms with van der Waals surface area (Å²) in [6, 6.07) is 0. The fraction of sp³-hybridized carbons (Fsp3) is 0.900. The normalized spacial score (nSPS) is 13.1. The monoisotopic (exact) mass is 203 g/mol. The van der Waals surface area contributed by atoms with E-state index in [1.54, 1.807) is 11.8 Å². The van der Waals surface area contributed by atoms with E-state index in [4.69, 9.17) is 10.2 Å². The summed E-state index contributed by atoms with van der Waals surface area (Å²) in [7, 11) is 0. The number of aliphatic hydroxyl groups excluding tert-OH is 1. The maximum atomic E-state index is 10.5. The number of aliphatic hydroxyl groups is 1. The highest BCUT2D eigenvalue weighted by atomic mass is 16.4. The minimum Gasteiger partial charge on any atom is -0.480 e. The van der Waals surface area contributed by atoms with Crippen molar-refractivity contribution in [3.63, 3.8) is 0 Å². The molecule has 0 bridgehead atoms. The summed E-state index contributed by atoms with van der Waals surface area (Å²) in [6.45, 7) is 5.00. The Morgan fingerprint density at radius 1 is 1.43 bits per heavy atom. The number of carbonyl (C=O) groups is 1. The van der Waals surface area contributed by atoms with Crippen LogP contribution in [0.5, 0.6) is 0 Å². The molecule has 0 aliphatic rings. The second-order valence-electron chi connectivity index (χ2n) is 3.68. The van der Waals surface area contributed by atoms with E-state index < -0.39 is 12.1 Å². The summed E-state index contributed by atoms with van der Waals surface area (Å²) in [6.07, 6.45) is 2.76. The van der Waals surface area contributed by atoms with Crippen LogP contribution < -0.4 is 0 Å². The van der Waals surface area contributed by atoms with Crippen LogP contribution >= 0.6 is 0 Å². The molecular weight excluding hydrogens is 182 g/mol. The van der Waals surface area contributed by atoms with Crippen molar-refractivity contribution in [2.75, 3.05) is 19.6 Å². The Hall–Kier alpha value is -0.610. The topological polar surface area (TPSA) is 60.8 Å². The number of carboxylic acid groups (broad SMARTS) is 1. The fourth-order valence-corrected chi connectivity index (χ4v) is 1.39. The predicted molar refractivity (Wildman–Crippen MR) is 55.3 cm³/mol. The van der Waals surface area contributed by atoms with Gasteiger partial charge in [-0.3, -0.25) is 9.69 Å². The Balaban J connectivity index is 3.78. The van der Waals surface area contributed by atoms with Crippen molar-refractivity contribution in [3.8, 4) is 0 Å². The van der Waals surface area contributed by atoms with Gasteiger partial charge in [0.15, 0.2) is 0 Å². The van der Waals surface area contributed by atoms with Crippen LogP contribution in [0.1, 0.15) is 33.1 Å². The van der Waals surface area contributed by atoms with Gasteiger partial charge in [0.05, 0.1) is 12.6 Å². The third-order valence-electron chi connectivity index (χ3n) is 1.96. The third-order valence-corrected chi connectivity index (χ3v) is 1.96. The van der Waals surface area contributed by atoms with Gasteiger partial charge in [0, 0.05) is 6.54 Å². The highest BCUT2D eigenvalue weighted by Gasteiger charge is 2.11. The molecule has 0 saturated heterocycles. The smallest absolute Gasteiger partial charge is 0.317 e. The summed E-state index contributed by atoms with van der Waals surface area (Å²) < 4.78 is 0. The number of aliphatic carboxylic acids is 1. The largest absolute Gasteiger partial charge is 0.480 e. The Morgan fingerprint density at radius 3 is 2.50 bits per heavy atom. The minimum atomic E-state index is -0.831. The number of hydrogen-bond acceptors (Lipinski definition) is 3. The average Bonchev–Trinajstić information content (AvgIpc) is 2.02. The first-order chi connectivity index (χ1) is 6.56. The molecule has 0 aromatic heterocycles. The molecule has 4 nitrogen and oxygen atoms in total. The molecule has 0 aromatic carbocycles. The minimum absolute atomic E-state index is 0.0224. The molecule has 0 amide bonds. The van der Waals surface area contributed by atoms with Crippen LogP contribution in [0.2, 0.25) is 0 Å². The van der Waals surface area contributed by atoms with Crippen LogP contribution in [0.3, 0.4) is 0 Å². The van der Waals surface area contributed by atoms with Crippen LogP contribution in [0, 0.1) is 0 Å². The highest BCUT2D eigenvalue weighted by Crippen LogP contribution is 1.99. The molecule has 1 atom stereocenters. The van der Waals surface area contributed by atoms with Gasteiger partial charge >= 0.3 is 5.97 Å². The molecule has 0 rings (SSSR count). The Bertz CT molecular complexity index is 159. The van der Waals surface area contributed by atoms with E-state index in [9.17, 15) is 4.79 Å². The molecule has 2 N–H and O–H groups in total. The van der Waals surface area contributed by atoms with Gasteiger partial charge in [0.1, 0.15) is 0 Å². The summed E-state index contributed by atoms with van der Waals surface area (Å²) in [5, 5.41) is 17.8.